The monoisotopic (exact) mass is 430 g/mol. The summed E-state index contributed by atoms with van der Waals surface area (Å²) >= 11 is 6.23. The molecule has 30 heavy (non-hydrogen) atoms. The number of hydrogen-bond donors (Lipinski definition) is 0. The van der Waals surface area contributed by atoms with Crippen molar-refractivity contribution in [2.45, 2.75) is 12.3 Å². The number of fused-ring (bicyclic) bond motifs is 1. The van der Waals surface area contributed by atoms with Crippen LogP contribution < -0.4 is 15.1 Å². The molecule has 1 atom stereocenters. The summed E-state index contributed by atoms with van der Waals surface area (Å²) < 4.78 is 20.4. The van der Waals surface area contributed by atoms with Crippen LogP contribution in [0.4, 0.5) is 0 Å². The molecule has 0 fully saturated rings. The van der Waals surface area contributed by atoms with Crippen LogP contribution in [0.3, 0.4) is 0 Å². The zero-order chi connectivity index (χ0) is 21.8. The molecule has 3 rings (SSSR count). The van der Waals surface area contributed by atoms with Crippen LogP contribution in [0.15, 0.2) is 51.7 Å². The third-order valence-corrected chi connectivity index (χ3v) is 4.99. The van der Waals surface area contributed by atoms with Gasteiger partial charge in [0.25, 0.3) is 0 Å². The van der Waals surface area contributed by atoms with Gasteiger partial charge in [-0.15, -0.1) is 0 Å². The summed E-state index contributed by atoms with van der Waals surface area (Å²) in [4.78, 5) is 37.6. The second-order valence-corrected chi connectivity index (χ2v) is 6.85. The average Bonchev–Trinajstić information content (AvgIpc) is 2.76. The zero-order valence-corrected chi connectivity index (χ0v) is 17.3. The minimum absolute atomic E-state index is 0.182. The van der Waals surface area contributed by atoms with Gasteiger partial charge in [0.15, 0.2) is 5.78 Å². The molecule has 0 saturated heterocycles. The van der Waals surface area contributed by atoms with Crippen LogP contribution in [0, 0.1) is 0 Å². The van der Waals surface area contributed by atoms with Gasteiger partial charge < -0.3 is 18.6 Å². The number of benzene rings is 2. The predicted molar refractivity (Wildman–Crippen MR) is 111 cm³/mol. The molecular weight excluding hydrogens is 412 g/mol. The number of esters is 1. The Hall–Kier alpha value is -3.32. The maximum atomic E-state index is 12.9. The summed E-state index contributed by atoms with van der Waals surface area (Å²) in [7, 11) is 4.14. The highest BCUT2D eigenvalue weighted by Gasteiger charge is 2.28. The molecule has 0 N–H and O–H groups in total. The highest BCUT2D eigenvalue weighted by Crippen LogP contribution is 2.35. The lowest BCUT2D eigenvalue weighted by Gasteiger charge is -2.17. The molecule has 0 aliphatic rings. The molecule has 8 heteroatoms. The number of rotatable bonds is 7. The second kappa shape index (κ2) is 9.00. The maximum Gasteiger partial charge on any atom is 0.336 e. The first-order valence-electron chi connectivity index (χ1n) is 8.94. The largest absolute Gasteiger partial charge is 0.497 e. The first-order valence-corrected chi connectivity index (χ1v) is 9.32. The molecule has 0 aliphatic heterocycles. The number of Topliss-reactive ketones (excluding diaryl/α,β-unsaturated/α-hetero) is 1. The van der Waals surface area contributed by atoms with Crippen molar-refractivity contribution in [1.82, 2.24) is 0 Å². The molecular formula is C22H19ClO7. The summed E-state index contributed by atoms with van der Waals surface area (Å²) in [6.07, 6.45) is -0.220. The van der Waals surface area contributed by atoms with E-state index in [0.717, 1.165) is 0 Å². The van der Waals surface area contributed by atoms with Crippen LogP contribution in [0.1, 0.15) is 28.3 Å². The Labute approximate surface area is 177 Å². The third-order valence-electron chi connectivity index (χ3n) is 4.69. The first kappa shape index (κ1) is 21.4. The van der Waals surface area contributed by atoms with E-state index in [9.17, 15) is 14.4 Å². The van der Waals surface area contributed by atoms with E-state index in [0.29, 0.717) is 22.4 Å². The Kier molecular flexibility index (Phi) is 6.42. The number of hydrogen-bond acceptors (Lipinski definition) is 7. The first-order chi connectivity index (χ1) is 14.4. The van der Waals surface area contributed by atoms with Crippen LogP contribution in [0.2, 0.25) is 5.02 Å². The molecule has 2 aromatic carbocycles. The van der Waals surface area contributed by atoms with Gasteiger partial charge in [0.05, 0.1) is 32.3 Å². The highest BCUT2D eigenvalue weighted by atomic mass is 35.5. The van der Waals surface area contributed by atoms with Crippen molar-refractivity contribution < 1.29 is 28.2 Å². The Morgan fingerprint density at radius 3 is 2.50 bits per heavy atom. The summed E-state index contributed by atoms with van der Waals surface area (Å²) in [5.74, 6) is -1.19. The Morgan fingerprint density at radius 1 is 1.07 bits per heavy atom. The predicted octanol–water partition coefficient (Wildman–Crippen LogP) is 3.99. The Morgan fingerprint density at radius 2 is 1.83 bits per heavy atom. The lowest BCUT2D eigenvalue weighted by Crippen LogP contribution is -2.20. The molecule has 0 saturated carbocycles. The van der Waals surface area contributed by atoms with Crippen molar-refractivity contribution in [2.24, 2.45) is 0 Å². The van der Waals surface area contributed by atoms with Gasteiger partial charge in [-0.2, -0.15) is 0 Å². The molecule has 0 aliphatic carbocycles. The van der Waals surface area contributed by atoms with Gasteiger partial charge in [-0.1, -0.05) is 23.7 Å². The van der Waals surface area contributed by atoms with Crippen molar-refractivity contribution in [3.8, 4) is 11.5 Å². The molecule has 1 heterocycles. The summed E-state index contributed by atoms with van der Waals surface area (Å²) in [5.41, 5.74) is 0.162. The van der Waals surface area contributed by atoms with Gasteiger partial charge in [-0.3, -0.25) is 9.59 Å². The fourth-order valence-electron chi connectivity index (χ4n) is 3.19. The van der Waals surface area contributed by atoms with Gasteiger partial charge in [0, 0.05) is 29.5 Å². The highest BCUT2D eigenvalue weighted by molar-refractivity contribution is 6.32. The van der Waals surface area contributed by atoms with E-state index < -0.39 is 17.5 Å². The van der Waals surface area contributed by atoms with E-state index in [1.165, 1.54) is 39.5 Å². The van der Waals surface area contributed by atoms with E-state index in [2.05, 4.69) is 0 Å². The summed E-state index contributed by atoms with van der Waals surface area (Å²) in [6, 6.07) is 10.7. The minimum Gasteiger partial charge on any atom is -0.497 e. The molecule has 156 valence electrons. The standard InChI is InChI=1S/C22H19ClO7/c1-27-13-6-4-5-12(7-13)18(24)9-16(22(26)29-3)14-10-21(25)30-19-11-20(28-2)17(23)8-15(14)19/h4-8,10-11,16H,9H2,1-3H3/t16-/m0/s1. The number of ether oxygens (including phenoxy) is 3. The van der Waals surface area contributed by atoms with Crippen molar-refractivity contribution in [3.05, 3.63) is 69.0 Å². The number of methoxy groups -OCH3 is 3. The Bertz CT molecular complexity index is 1170. The molecule has 0 amide bonds. The molecule has 1 aromatic heterocycles. The molecule has 0 spiro atoms. The maximum absolute atomic E-state index is 12.9. The van der Waals surface area contributed by atoms with E-state index in [1.54, 1.807) is 24.3 Å². The molecule has 0 unspecified atom stereocenters. The lowest BCUT2D eigenvalue weighted by atomic mass is 9.89. The average molecular weight is 431 g/mol. The molecule has 0 radical (unpaired) electrons. The van der Waals surface area contributed by atoms with Crippen LogP contribution in [-0.2, 0) is 9.53 Å². The number of carbonyl (C=O) groups excluding carboxylic acids is 2. The van der Waals surface area contributed by atoms with E-state index in [1.807, 2.05) is 0 Å². The van der Waals surface area contributed by atoms with E-state index >= 15 is 0 Å². The van der Waals surface area contributed by atoms with E-state index in [4.69, 9.17) is 30.2 Å². The van der Waals surface area contributed by atoms with Crippen molar-refractivity contribution >= 4 is 34.3 Å². The number of carbonyl (C=O) groups is 2. The van der Waals surface area contributed by atoms with Crippen LogP contribution in [0.5, 0.6) is 11.5 Å². The van der Waals surface area contributed by atoms with E-state index in [-0.39, 0.29) is 28.4 Å². The van der Waals surface area contributed by atoms with Gasteiger partial charge in [-0.25, -0.2) is 4.79 Å². The van der Waals surface area contributed by atoms with Gasteiger partial charge in [0.2, 0.25) is 0 Å². The molecule has 3 aromatic rings. The van der Waals surface area contributed by atoms with Crippen LogP contribution in [-0.4, -0.2) is 33.1 Å². The quantitative estimate of drug-likeness (QED) is 0.318. The number of ketones is 1. The SMILES string of the molecule is COC(=O)[C@@H](CC(=O)c1cccc(OC)c1)c1cc(=O)oc2cc(OC)c(Cl)cc12. The van der Waals surface area contributed by atoms with Crippen molar-refractivity contribution in [3.63, 3.8) is 0 Å². The smallest absolute Gasteiger partial charge is 0.336 e. The topological polar surface area (TPSA) is 92.0 Å². The summed E-state index contributed by atoms with van der Waals surface area (Å²) in [5, 5.41) is 0.678. The van der Waals surface area contributed by atoms with Gasteiger partial charge >= 0.3 is 11.6 Å². The van der Waals surface area contributed by atoms with Crippen LogP contribution in [0.25, 0.3) is 11.0 Å². The molecule has 7 nitrogen and oxygen atoms in total. The van der Waals surface area contributed by atoms with Crippen molar-refractivity contribution in [1.29, 1.82) is 0 Å². The fourth-order valence-corrected chi connectivity index (χ4v) is 3.44. The van der Waals surface area contributed by atoms with Gasteiger partial charge in [0.1, 0.15) is 17.1 Å². The number of halogens is 1. The van der Waals surface area contributed by atoms with Crippen LogP contribution >= 0.6 is 11.6 Å². The second-order valence-electron chi connectivity index (χ2n) is 6.44. The van der Waals surface area contributed by atoms with Crippen molar-refractivity contribution in [2.75, 3.05) is 21.3 Å². The molecule has 0 bridgehead atoms. The Balaban J connectivity index is 2.11. The normalized spacial score (nSPS) is 11.7. The minimum atomic E-state index is -1.04. The van der Waals surface area contributed by atoms with Gasteiger partial charge in [-0.05, 0) is 23.8 Å². The fraction of sp³-hybridized carbons (Fsp3) is 0.227. The summed E-state index contributed by atoms with van der Waals surface area (Å²) in [6.45, 7) is 0. The lowest BCUT2D eigenvalue weighted by molar-refractivity contribution is -0.142. The third kappa shape index (κ3) is 4.31. The zero-order valence-electron chi connectivity index (χ0n) is 16.6.